The number of benzene rings is 1. The number of rotatable bonds is 7. The van der Waals surface area contributed by atoms with Gasteiger partial charge in [-0.05, 0) is 32.1 Å². The molecule has 0 bridgehead atoms. The second-order valence-corrected chi connectivity index (χ2v) is 3.90. The van der Waals surface area contributed by atoms with Gasteiger partial charge in [0.05, 0.1) is 0 Å². The molecular formula is C13H17N3O2. The van der Waals surface area contributed by atoms with Gasteiger partial charge in [0.1, 0.15) is 5.75 Å². The minimum Gasteiger partial charge on any atom is -0.484 e. The van der Waals surface area contributed by atoms with Gasteiger partial charge in [-0.3, -0.25) is 0 Å². The zero-order valence-corrected chi connectivity index (χ0v) is 10.4. The van der Waals surface area contributed by atoms with E-state index in [0.29, 0.717) is 18.4 Å². The van der Waals surface area contributed by atoms with Gasteiger partial charge in [0.2, 0.25) is 5.89 Å². The average Bonchev–Trinajstić information content (AvgIpc) is 2.86. The van der Waals surface area contributed by atoms with Gasteiger partial charge in [-0.2, -0.15) is 0 Å². The molecule has 2 aromatic rings. The molecule has 1 aromatic heterocycles. The van der Waals surface area contributed by atoms with Crippen molar-refractivity contribution in [1.29, 1.82) is 0 Å². The summed E-state index contributed by atoms with van der Waals surface area (Å²) in [5.74, 6) is 1.97. The van der Waals surface area contributed by atoms with Crippen LogP contribution in [-0.2, 0) is 13.0 Å². The van der Waals surface area contributed by atoms with E-state index in [4.69, 9.17) is 9.15 Å². The molecule has 0 aliphatic heterocycles. The molecule has 0 amide bonds. The van der Waals surface area contributed by atoms with Gasteiger partial charge in [0.15, 0.2) is 6.61 Å². The summed E-state index contributed by atoms with van der Waals surface area (Å²) in [5, 5.41) is 11.0. The highest BCUT2D eigenvalue weighted by Crippen LogP contribution is 2.11. The molecule has 0 saturated heterocycles. The maximum Gasteiger partial charge on any atom is 0.253 e. The van der Waals surface area contributed by atoms with Crippen molar-refractivity contribution < 1.29 is 9.15 Å². The minimum atomic E-state index is 0.309. The van der Waals surface area contributed by atoms with Crippen LogP contribution >= 0.6 is 0 Å². The second kappa shape index (κ2) is 6.76. The van der Waals surface area contributed by atoms with E-state index in [9.17, 15) is 0 Å². The largest absolute Gasteiger partial charge is 0.484 e. The predicted molar refractivity (Wildman–Crippen MR) is 67.3 cm³/mol. The molecule has 0 radical (unpaired) electrons. The molecule has 1 N–H and O–H groups in total. The van der Waals surface area contributed by atoms with Crippen LogP contribution in [-0.4, -0.2) is 23.8 Å². The Hall–Kier alpha value is -1.88. The fourth-order valence-corrected chi connectivity index (χ4v) is 1.53. The van der Waals surface area contributed by atoms with E-state index in [0.717, 1.165) is 25.1 Å². The Morgan fingerprint density at radius 2 is 1.94 bits per heavy atom. The summed E-state index contributed by atoms with van der Waals surface area (Å²) < 4.78 is 11.0. The van der Waals surface area contributed by atoms with Crippen molar-refractivity contribution in [3.63, 3.8) is 0 Å². The molecule has 2 rings (SSSR count). The Kier molecular flexibility index (Phi) is 4.72. The van der Waals surface area contributed by atoms with Gasteiger partial charge in [0, 0.05) is 6.42 Å². The molecular weight excluding hydrogens is 230 g/mol. The summed E-state index contributed by atoms with van der Waals surface area (Å²) in [5.41, 5.74) is 0. The van der Waals surface area contributed by atoms with Crippen molar-refractivity contribution in [1.82, 2.24) is 15.5 Å². The predicted octanol–water partition coefficient (Wildman–Crippen LogP) is 1.80. The smallest absolute Gasteiger partial charge is 0.253 e. The van der Waals surface area contributed by atoms with Gasteiger partial charge >= 0.3 is 0 Å². The maximum atomic E-state index is 5.52. The molecule has 0 fully saturated rings. The number of aryl methyl sites for hydroxylation is 1. The van der Waals surface area contributed by atoms with Crippen LogP contribution in [0.25, 0.3) is 0 Å². The summed E-state index contributed by atoms with van der Waals surface area (Å²) in [6.45, 7) is 1.25. The highest BCUT2D eigenvalue weighted by Gasteiger charge is 2.06. The lowest BCUT2D eigenvalue weighted by Gasteiger charge is -2.01. The van der Waals surface area contributed by atoms with Crippen molar-refractivity contribution in [2.24, 2.45) is 0 Å². The molecule has 1 heterocycles. The fraction of sp³-hybridized carbons (Fsp3) is 0.385. The molecule has 96 valence electrons. The molecule has 0 aliphatic rings. The standard InChI is InChI=1S/C13H17N3O2/c1-14-9-5-8-12-15-16-13(18-12)10-17-11-6-3-2-4-7-11/h2-4,6-7,14H,5,8-10H2,1H3. The van der Waals surface area contributed by atoms with Crippen LogP contribution in [0.15, 0.2) is 34.7 Å². The van der Waals surface area contributed by atoms with Crippen LogP contribution < -0.4 is 10.1 Å². The van der Waals surface area contributed by atoms with Crippen LogP contribution in [0.2, 0.25) is 0 Å². The van der Waals surface area contributed by atoms with Crippen LogP contribution in [0.1, 0.15) is 18.2 Å². The van der Waals surface area contributed by atoms with Gasteiger partial charge in [0.25, 0.3) is 5.89 Å². The first-order chi connectivity index (χ1) is 8.88. The third-order valence-electron chi connectivity index (χ3n) is 2.43. The van der Waals surface area contributed by atoms with Crippen molar-refractivity contribution in [2.45, 2.75) is 19.4 Å². The zero-order valence-electron chi connectivity index (χ0n) is 10.4. The van der Waals surface area contributed by atoms with E-state index in [1.54, 1.807) is 0 Å². The Balaban J connectivity index is 1.80. The van der Waals surface area contributed by atoms with Crippen LogP contribution in [0.3, 0.4) is 0 Å². The Labute approximate surface area is 106 Å². The summed E-state index contributed by atoms with van der Waals surface area (Å²) in [6, 6.07) is 9.58. The summed E-state index contributed by atoms with van der Waals surface area (Å²) in [6.07, 6.45) is 1.77. The molecule has 0 saturated carbocycles. The summed E-state index contributed by atoms with van der Waals surface area (Å²) >= 11 is 0. The highest BCUT2D eigenvalue weighted by molar-refractivity contribution is 5.20. The summed E-state index contributed by atoms with van der Waals surface area (Å²) in [4.78, 5) is 0. The number of ether oxygens (including phenoxy) is 1. The molecule has 1 aromatic carbocycles. The number of para-hydroxylation sites is 1. The highest BCUT2D eigenvalue weighted by atomic mass is 16.5. The molecule has 0 spiro atoms. The first kappa shape index (κ1) is 12.6. The van der Waals surface area contributed by atoms with E-state index in [-0.39, 0.29) is 0 Å². The maximum absolute atomic E-state index is 5.52. The van der Waals surface area contributed by atoms with E-state index < -0.39 is 0 Å². The number of aromatic nitrogens is 2. The topological polar surface area (TPSA) is 60.2 Å². The Bertz CT molecular complexity index is 456. The van der Waals surface area contributed by atoms with Crippen LogP contribution in [0, 0.1) is 0 Å². The van der Waals surface area contributed by atoms with Crippen molar-refractivity contribution in [3.8, 4) is 5.75 Å². The molecule has 0 aliphatic carbocycles. The number of nitrogens with one attached hydrogen (secondary N) is 1. The molecule has 0 unspecified atom stereocenters. The van der Waals surface area contributed by atoms with Crippen molar-refractivity contribution >= 4 is 0 Å². The lowest BCUT2D eigenvalue weighted by molar-refractivity contribution is 0.258. The van der Waals surface area contributed by atoms with E-state index >= 15 is 0 Å². The number of hydrogen-bond acceptors (Lipinski definition) is 5. The molecule has 0 atom stereocenters. The van der Waals surface area contributed by atoms with Gasteiger partial charge in [-0.25, -0.2) is 0 Å². The quantitative estimate of drug-likeness (QED) is 0.756. The van der Waals surface area contributed by atoms with Crippen molar-refractivity contribution in [2.75, 3.05) is 13.6 Å². The third-order valence-corrected chi connectivity index (χ3v) is 2.43. The van der Waals surface area contributed by atoms with Gasteiger partial charge < -0.3 is 14.5 Å². The second-order valence-electron chi connectivity index (χ2n) is 3.90. The number of nitrogens with zero attached hydrogens (tertiary/aromatic N) is 2. The molecule has 5 nitrogen and oxygen atoms in total. The van der Waals surface area contributed by atoms with Crippen LogP contribution in [0.5, 0.6) is 5.75 Å². The third kappa shape index (κ3) is 3.85. The lowest BCUT2D eigenvalue weighted by atomic mass is 10.3. The zero-order chi connectivity index (χ0) is 12.6. The molecule has 18 heavy (non-hydrogen) atoms. The number of hydrogen-bond donors (Lipinski definition) is 1. The van der Waals surface area contributed by atoms with E-state index in [2.05, 4.69) is 15.5 Å². The Morgan fingerprint density at radius 1 is 1.17 bits per heavy atom. The van der Waals surface area contributed by atoms with E-state index in [1.165, 1.54) is 0 Å². The monoisotopic (exact) mass is 247 g/mol. The van der Waals surface area contributed by atoms with Gasteiger partial charge in [-0.1, -0.05) is 18.2 Å². The van der Waals surface area contributed by atoms with Crippen LogP contribution in [0.4, 0.5) is 0 Å². The summed E-state index contributed by atoms with van der Waals surface area (Å²) in [7, 11) is 1.92. The molecule has 5 heteroatoms. The van der Waals surface area contributed by atoms with E-state index in [1.807, 2.05) is 37.4 Å². The average molecular weight is 247 g/mol. The minimum absolute atomic E-state index is 0.309. The fourth-order valence-electron chi connectivity index (χ4n) is 1.53. The normalized spacial score (nSPS) is 10.5. The first-order valence-corrected chi connectivity index (χ1v) is 6.02. The SMILES string of the molecule is CNCCCc1nnc(COc2ccccc2)o1. The van der Waals surface area contributed by atoms with Gasteiger partial charge in [-0.15, -0.1) is 10.2 Å². The Morgan fingerprint density at radius 3 is 2.72 bits per heavy atom. The lowest BCUT2D eigenvalue weighted by Crippen LogP contribution is -2.08. The first-order valence-electron chi connectivity index (χ1n) is 6.02. The van der Waals surface area contributed by atoms with Crippen molar-refractivity contribution in [3.05, 3.63) is 42.1 Å².